The van der Waals surface area contributed by atoms with Crippen LogP contribution in [0.25, 0.3) is 0 Å². The molecule has 1 heterocycles. The maximum atomic E-state index is 4.77. The lowest BCUT2D eigenvalue weighted by Crippen LogP contribution is -2.34. The van der Waals surface area contributed by atoms with Gasteiger partial charge in [-0.15, -0.1) is 0 Å². The minimum Gasteiger partial charge on any atom is -0.362 e. The smallest absolute Gasteiger partial charge is 0.157 e. The second-order valence-corrected chi connectivity index (χ2v) is 5.80. The van der Waals surface area contributed by atoms with Gasteiger partial charge in [0.25, 0.3) is 0 Å². The lowest BCUT2D eigenvalue weighted by Gasteiger charge is -2.25. The van der Waals surface area contributed by atoms with Gasteiger partial charge in [0.15, 0.2) is 5.17 Å². The lowest BCUT2D eigenvalue weighted by molar-refractivity contribution is 0.480. The van der Waals surface area contributed by atoms with Crippen LogP contribution in [0, 0.1) is 5.92 Å². The second-order valence-electron chi connectivity index (χ2n) is 4.72. The molecule has 2 nitrogen and oxygen atoms in total. The summed E-state index contributed by atoms with van der Waals surface area (Å²) in [5.74, 6) is 1.89. The molecule has 0 aromatic rings. The molecule has 88 valence electrons. The Morgan fingerprint density at radius 1 is 1.47 bits per heavy atom. The van der Waals surface area contributed by atoms with E-state index in [1.165, 1.54) is 30.2 Å². The van der Waals surface area contributed by atoms with Crippen molar-refractivity contribution >= 4 is 16.9 Å². The van der Waals surface area contributed by atoms with E-state index in [-0.39, 0.29) is 0 Å². The number of hydrogen-bond donors (Lipinski definition) is 1. The molecule has 1 aliphatic heterocycles. The van der Waals surface area contributed by atoms with Gasteiger partial charge >= 0.3 is 0 Å². The molecule has 1 rings (SSSR count). The maximum absolute atomic E-state index is 4.77. The van der Waals surface area contributed by atoms with Gasteiger partial charge in [-0.1, -0.05) is 39.0 Å². The Labute approximate surface area is 98.3 Å². The Morgan fingerprint density at radius 2 is 2.20 bits per heavy atom. The SMILES string of the molecule is CCCC(C)NC1=NC(C(C)C)CCS1. The molecule has 0 fully saturated rings. The standard InChI is InChI=1S/C12H24N2S/c1-5-6-10(4)13-12-14-11(9(2)3)7-8-15-12/h9-11H,5-8H2,1-4H3,(H,13,14). The Morgan fingerprint density at radius 3 is 2.80 bits per heavy atom. The fourth-order valence-electron chi connectivity index (χ4n) is 1.81. The van der Waals surface area contributed by atoms with Crippen LogP contribution in [0.15, 0.2) is 4.99 Å². The van der Waals surface area contributed by atoms with Gasteiger partial charge < -0.3 is 5.32 Å². The monoisotopic (exact) mass is 228 g/mol. The Bertz CT molecular complexity index is 214. The van der Waals surface area contributed by atoms with Crippen LogP contribution in [0.2, 0.25) is 0 Å². The minimum absolute atomic E-state index is 0.530. The van der Waals surface area contributed by atoms with E-state index in [0.717, 1.165) is 0 Å². The minimum atomic E-state index is 0.530. The highest BCUT2D eigenvalue weighted by atomic mass is 32.2. The zero-order chi connectivity index (χ0) is 11.3. The molecular formula is C12H24N2S. The summed E-state index contributed by atoms with van der Waals surface area (Å²) in [4.78, 5) is 4.77. The highest BCUT2D eigenvalue weighted by Gasteiger charge is 2.19. The molecule has 1 N–H and O–H groups in total. The van der Waals surface area contributed by atoms with Gasteiger partial charge in [0.1, 0.15) is 0 Å². The van der Waals surface area contributed by atoms with E-state index < -0.39 is 0 Å². The van der Waals surface area contributed by atoms with E-state index in [9.17, 15) is 0 Å². The topological polar surface area (TPSA) is 24.4 Å². The van der Waals surface area contributed by atoms with Crippen molar-refractivity contribution in [3.8, 4) is 0 Å². The lowest BCUT2D eigenvalue weighted by atomic mass is 10.0. The van der Waals surface area contributed by atoms with Crippen LogP contribution in [0.4, 0.5) is 0 Å². The number of rotatable bonds is 4. The average molecular weight is 228 g/mol. The third-order valence-corrected chi connectivity index (χ3v) is 3.73. The molecule has 0 aliphatic carbocycles. The Balaban J connectivity index is 2.46. The summed E-state index contributed by atoms with van der Waals surface area (Å²) >= 11 is 1.88. The molecule has 0 spiro atoms. The molecule has 0 saturated carbocycles. The van der Waals surface area contributed by atoms with Gasteiger partial charge in [-0.3, -0.25) is 4.99 Å². The summed E-state index contributed by atoms with van der Waals surface area (Å²) in [5.41, 5.74) is 0. The molecule has 2 unspecified atom stereocenters. The van der Waals surface area contributed by atoms with Crippen LogP contribution in [-0.2, 0) is 0 Å². The first kappa shape index (κ1) is 12.9. The first-order chi connectivity index (χ1) is 7.13. The summed E-state index contributed by atoms with van der Waals surface area (Å²) in [6.45, 7) is 8.99. The van der Waals surface area contributed by atoms with Gasteiger partial charge in [-0.2, -0.15) is 0 Å². The van der Waals surface area contributed by atoms with Crippen molar-refractivity contribution in [2.45, 2.75) is 59.0 Å². The van der Waals surface area contributed by atoms with Crippen molar-refractivity contribution in [1.82, 2.24) is 5.32 Å². The molecule has 0 saturated heterocycles. The summed E-state index contributed by atoms with van der Waals surface area (Å²) in [6, 6.07) is 1.09. The molecular weight excluding hydrogens is 204 g/mol. The Kier molecular flexibility index (Phi) is 5.51. The zero-order valence-electron chi connectivity index (χ0n) is 10.4. The molecule has 0 aromatic carbocycles. The van der Waals surface area contributed by atoms with Gasteiger partial charge in [0, 0.05) is 11.8 Å². The predicted molar refractivity (Wildman–Crippen MR) is 70.6 cm³/mol. The van der Waals surface area contributed by atoms with Crippen molar-refractivity contribution in [2.24, 2.45) is 10.9 Å². The number of nitrogens with zero attached hydrogens (tertiary/aromatic N) is 1. The normalized spacial score (nSPS) is 23.8. The number of thioether (sulfide) groups is 1. The first-order valence-electron chi connectivity index (χ1n) is 6.10. The van der Waals surface area contributed by atoms with Crippen LogP contribution in [0.1, 0.15) is 47.0 Å². The van der Waals surface area contributed by atoms with Gasteiger partial charge in [0.2, 0.25) is 0 Å². The Hall–Kier alpha value is -0.180. The van der Waals surface area contributed by atoms with Crippen LogP contribution < -0.4 is 5.32 Å². The molecule has 15 heavy (non-hydrogen) atoms. The highest BCUT2D eigenvalue weighted by Crippen LogP contribution is 2.21. The van der Waals surface area contributed by atoms with E-state index in [1.807, 2.05) is 11.8 Å². The van der Waals surface area contributed by atoms with Crippen LogP contribution >= 0.6 is 11.8 Å². The van der Waals surface area contributed by atoms with E-state index in [4.69, 9.17) is 4.99 Å². The van der Waals surface area contributed by atoms with Crippen molar-refractivity contribution in [3.05, 3.63) is 0 Å². The highest BCUT2D eigenvalue weighted by molar-refractivity contribution is 8.13. The van der Waals surface area contributed by atoms with Crippen LogP contribution in [-0.4, -0.2) is 23.0 Å². The van der Waals surface area contributed by atoms with Crippen LogP contribution in [0.3, 0.4) is 0 Å². The van der Waals surface area contributed by atoms with Gasteiger partial charge in [-0.25, -0.2) is 0 Å². The predicted octanol–water partition coefficient (Wildman–Crippen LogP) is 3.28. The number of nitrogens with one attached hydrogen (secondary N) is 1. The molecule has 0 bridgehead atoms. The van der Waals surface area contributed by atoms with Crippen molar-refractivity contribution in [3.63, 3.8) is 0 Å². The van der Waals surface area contributed by atoms with Gasteiger partial charge in [-0.05, 0) is 25.7 Å². The van der Waals surface area contributed by atoms with E-state index >= 15 is 0 Å². The fourth-order valence-corrected chi connectivity index (χ4v) is 2.85. The number of hydrogen-bond acceptors (Lipinski definition) is 3. The molecule has 0 radical (unpaired) electrons. The fraction of sp³-hybridized carbons (Fsp3) is 0.917. The van der Waals surface area contributed by atoms with E-state index in [0.29, 0.717) is 18.0 Å². The maximum Gasteiger partial charge on any atom is 0.157 e. The van der Waals surface area contributed by atoms with Crippen molar-refractivity contribution in [1.29, 1.82) is 0 Å². The average Bonchev–Trinajstić information content (AvgIpc) is 2.18. The third kappa shape index (κ3) is 4.45. The first-order valence-corrected chi connectivity index (χ1v) is 7.09. The quantitative estimate of drug-likeness (QED) is 0.798. The van der Waals surface area contributed by atoms with Crippen molar-refractivity contribution in [2.75, 3.05) is 5.75 Å². The second kappa shape index (κ2) is 6.41. The summed E-state index contributed by atoms with van der Waals surface area (Å²) in [6.07, 6.45) is 3.70. The number of aliphatic imine (C=N–C) groups is 1. The molecule has 2 atom stereocenters. The molecule has 1 aliphatic rings. The third-order valence-electron chi connectivity index (χ3n) is 2.80. The zero-order valence-corrected chi connectivity index (χ0v) is 11.2. The molecule has 0 aromatic heterocycles. The largest absolute Gasteiger partial charge is 0.362 e. The summed E-state index contributed by atoms with van der Waals surface area (Å²) < 4.78 is 0. The van der Waals surface area contributed by atoms with E-state index in [1.54, 1.807) is 0 Å². The number of amidine groups is 1. The van der Waals surface area contributed by atoms with Crippen LogP contribution in [0.5, 0.6) is 0 Å². The molecule has 0 amide bonds. The summed E-state index contributed by atoms with van der Waals surface area (Å²) in [5, 5.41) is 4.69. The molecule has 3 heteroatoms. The van der Waals surface area contributed by atoms with Crippen molar-refractivity contribution < 1.29 is 0 Å². The van der Waals surface area contributed by atoms with Gasteiger partial charge in [0.05, 0.1) is 6.04 Å². The van der Waals surface area contributed by atoms with E-state index in [2.05, 4.69) is 33.0 Å². The summed E-state index contributed by atoms with van der Waals surface area (Å²) in [7, 11) is 0.